The van der Waals surface area contributed by atoms with E-state index >= 15 is 0 Å². The summed E-state index contributed by atoms with van der Waals surface area (Å²) >= 11 is 0. The lowest BCUT2D eigenvalue weighted by Crippen LogP contribution is -2.52. The predicted molar refractivity (Wildman–Crippen MR) is 102 cm³/mol. The van der Waals surface area contributed by atoms with Gasteiger partial charge >= 0.3 is 0 Å². The number of aromatic nitrogens is 2. The van der Waals surface area contributed by atoms with Crippen molar-refractivity contribution in [1.29, 1.82) is 0 Å². The first-order chi connectivity index (χ1) is 12.6. The molecule has 0 atom stereocenters. The minimum atomic E-state index is -0.000218. The Kier molecular flexibility index (Phi) is 4.66. The first kappa shape index (κ1) is 17.1. The van der Waals surface area contributed by atoms with Crippen LogP contribution >= 0.6 is 0 Å². The molecule has 0 N–H and O–H groups in total. The first-order valence-electron chi connectivity index (χ1n) is 9.12. The van der Waals surface area contributed by atoms with E-state index in [0.717, 1.165) is 55.6 Å². The molecule has 0 aliphatic carbocycles. The molecule has 1 aromatic carbocycles. The lowest BCUT2D eigenvalue weighted by atomic mass is 10.0. The third kappa shape index (κ3) is 3.32. The number of benzene rings is 1. The van der Waals surface area contributed by atoms with Gasteiger partial charge in [-0.1, -0.05) is 30.3 Å². The van der Waals surface area contributed by atoms with Gasteiger partial charge in [0, 0.05) is 30.7 Å². The fourth-order valence-electron chi connectivity index (χ4n) is 3.67. The smallest absolute Gasteiger partial charge is 0.152 e. The predicted octanol–water partition coefficient (Wildman–Crippen LogP) is 3.92. The molecule has 3 heterocycles. The molecule has 4 rings (SSSR count). The molecule has 1 fully saturated rings. The van der Waals surface area contributed by atoms with Crippen molar-refractivity contribution in [3.05, 3.63) is 55.1 Å². The van der Waals surface area contributed by atoms with Gasteiger partial charge in [0.1, 0.15) is 5.69 Å². The zero-order valence-corrected chi connectivity index (χ0v) is 15.4. The van der Waals surface area contributed by atoms with Gasteiger partial charge < -0.3 is 13.7 Å². The van der Waals surface area contributed by atoms with Gasteiger partial charge in [0.2, 0.25) is 0 Å². The van der Waals surface area contributed by atoms with Gasteiger partial charge in [-0.3, -0.25) is 4.90 Å². The van der Waals surface area contributed by atoms with Gasteiger partial charge in [0.05, 0.1) is 31.5 Å². The third-order valence-corrected chi connectivity index (χ3v) is 5.06. The molecule has 5 heteroatoms. The van der Waals surface area contributed by atoms with Crippen LogP contribution in [-0.2, 0) is 11.3 Å². The number of hydrogen-bond acceptors (Lipinski definition) is 4. The molecule has 0 spiro atoms. The summed E-state index contributed by atoms with van der Waals surface area (Å²) in [6, 6.07) is 14.2. The molecule has 1 aliphatic heterocycles. The van der Waals surface area contributed by atoms with Crippen LogP contribution in [0.3, 0.4) is 0 Å². The largest absolute Gasteiger partial charge is 0.463 e. The van der Waals surface area contributed by atoms with Crippen LogP contribution in [0.15, 0.2) is 59.5 Å². The normalized spacial score (nSPS) is 16.1. The Labute approximate surface area is 154 Å². The van der Waals surface area contributed by atoms with Gasteiger partial charge in [-0.05, 0) is 26.0 Å². The van der Waals surface area contributed by atoms with Crippen LogP contribution in [0.4, 0.5) is 0 Å². The number of ether oxygens (including phenoxy) is 1. The minimum Gasteiger partial charge on any atom is -0.463 e. The Balaban J connectivity index is 1.71. The summed E-state index contributed by atoms with van der Waals surface area (Å²) in [4.78, 5) is 7.22. The second kappa shape index (κ2) is 7.09. The molecule has 0 unspecified atom stereocenters. The zero-order valence-electron chi connectivity index (χ0n) is 15.4. The van der Waals surface area contributed by atoms with Gasteiger partial charge in [-0.2, -0.15) is 0 Å². The molecular formula is C21H25N3O2. The van der Waals surface area contributed by atoms with E-state index in [2.05, 4.69) is 35.4 Å². The highest BCUT2D eigenvalue weighted by molar-refractivity contribution is 5.76. The molecule has 0 amide bonds. The Morgan fingerprint density at radius 2 is 1.81 bits per heavy atom. The van der Waals surface area contributed by atoms with Crippen molar-refractivity contribution in [3.63, 3.8) is 0 Å². The molecule has 2 aromatic heterocycles. The standard InChI is InChI=1S/C21H25N3O2/c1-21(2,24-10-13-25-14-11-24)15-23-16-22-19(17-7-4-3-5-8-17)20(23)18-9-6-12-26-18/h3-9,12,16H,10-11,13-15H2,1-2H3. The Morgan fingerprint density at radius 1 is 1.04 bits per heavy atom. The maximum Gasteiger partial charge on any atom is 0.152 e. The van der Waals surface area contributed by atoms with E-state index in [1.54, 1.807) is 6.26 Å². The number of hydrogen-bond donors (Lipinski definition) is 0. The number of imidazole rings is 1. The van der Waals surface area contributed by atoms with Crippen LogP contribution in [0, 0.1) is 0 Å². The van der Waals surface area contributed by atoms with Gasteiger partial charge in [-0.15, -0.1) is 0 Å². The molecule has 26 heavy (non-hydrogen) atoms. The second-order valence-corrected chi connectivity index (χ2v) is 7.32. The van der Waals surface area contributed by atoms with Crippen molar-refractivity contribution in [3.8, 4) is 22.7 Å². The van der Waals surface area contributed by atoms with Crippen molar-refractivity contribution < 1.29 is 9.15 Å². The quantitative estimate of drug-likeness (QED) is 0.699. The summed E-state index contributed by atoms with van der Waals surface area (Å²) < 4.78 is 13.5. The Morgan fingerprint density at radius 3 is 2.50 bits per heavy atom. The summed E-state index contributed by atoms with van der Waals surface area (Å²) in [5, 5.41) is 0. The van der Waals surface area contributed by atoms with E-state index in [9.17, 15) is 0 Å². The van der Waals surface area contributed by atoms with Gasteiger partial charge in [0.25, 0.3) is 0 Å². The van der Waals surface area contributed by atoms with E-state index in [0.29, 0.717) is 0 Å². The SMILES string of the molecule is CC(C)(Cn1cnc(-c2ccccc2)c1-c1ccco1)N1CCOCC1. The molecule has 0 saturated carbocycles. The summed E-state index contributed by atoms with van der Waals surface area (Å²) in [5.41, 5.74) is 3.09. The molecular weight excluding hydrogens is 326 g/mol. The van der Waals surface area contributed by atoms with Crippen molar-refractivity contribution in [2.45, 2.75) is 25.9 Å². The fraction of sp³-hybridized carbons (Fsp3) is 0.381. The van der Waals surface area contributed by atoms with Gasteiger partial charge in [0.15, 0.2) is 5.76 Å². The lowest BCUT2D eigenvalue weighted by Gasteiger charge is -2.41. The minimum absolute atomic E-state index is 0.000218. The van der Waals surface area contributed by atoms with Crippen molar-refractivity contribution >= 4 is 0 Å². The third-order valence-electron chi connectivity index (χ3n) is 5.06. The molecule has 0 radical (unpaired) electrons. The Hall–Kier alpha value is -2.37. The van der Waals surface area contributed by atoms with Crippen LogP contribution in [0.1, 0.15) is 13.8 Å². The van der Waals surface area contributed by atoms with E-state index in [-0.39, 0.29) is 5.54 Å². The summed E-state index contributed by atoms with van der Waals surface area (Å²) in [5.74, 6) is 0.846. The second-order valence-electron chi connectivity index (χ2n) is 7.32. The van der Waals surface area contributed by atoms with Crippen LogP contribution in [0.5, 0.6) is 0 Å². The highest BCUT2D eigenvalue weighted by atomic mass is 16.5. The highest BCUT2D eigenvalue weighted by Gasteiger charge is 2.30. The van der Waals surface area contributed by atoms with E-state index in [1.165, 1.54) is 0 Å². The van der Waals surface area contributed by atoms with E-state index in [1.807, 2.05) is 36.7 Å². The summed E-state index contributed by atoms with van der Waals surface area (Å²) in [6.07, 6.45) is 3.65. The molecule has 3 aromatic rings. The molecule has 1 saturated heterocycles. The molecule has 1 aliphatic rings. The monoisotopic (exact) mass is 351 g/mol. The average molecular weight is 351 g/mol. The maximum atomic E-state index is 5.75. The number of rotatable bonds is 5. The van der Waals surface area contributed by atoms with Crippen molar-refractivity contribution in [1.82, 2.24) is 14.5 Å². The number of furan rings is 1. The molecule has 5 nitrogen and oxygen atoms in total. The van der Waals surface area contributed by atoms with Gasteiger partial charge in [-0.25, -0.2) is 4.98 Å². The average Bonchev–Trinajstić information content (AvgIpc) is 3.32. The highest BCUT2D eigenvalue weighted by Crippen LogP contribution is 2.33. The van der Waals surface area contributed by atoms with E-state index in [4.69, 9.17) is 14.1 Å². The van der Waals surface area contributed by atoms with Crippen LogP contribution in [0.2, 0.25) is 0 Å². The summed E-state index contributed by atoms with van der Waals surface area (Å²) in [6.45, 7) is 8.93. The maximum absolute atomic E-state index is 5.75. The van der Waals surface area contributed by atoms with E-state index < -0.39 is 0 Å². The first-order valence-corrected chi connectivity index (χ1v) is 9.12. The molecule has 136 valence electrons. The number of nitrogens with zero attached hydrogens (tertiary/aromatic N) is 3. The number of morpholine rings is 1. The zero-order chi connectivity index (χ0) is 18.0. The molecule has 0 bridgehead atoms. The summed E-state index contributed by atoms with van der Waals surface area (Å²) in [7, 11) is 0. The van der Waals surface area contributed by atoms with Crippen molar-refractivity contribution in [2.24, 2.45) is 0 Å². The topological polar surface area (TPSA) is 43.4 Å². The van der Waals surface area contributed by atoms with Crippen LogP contribution in [-0.4, -0.2) is 46.3 Å². The lowest BCUT2D eigenvalue weighted by molar-refractivity contribution is -0.0155. The van der Waals surface area contributed by atoms with Crippen LogP contribution in [0.25, 0.3) is 22.7 Å². The Bertz CT molecular complexity index is 832. The van der Waals surface area contributed by atoms with Crippen molar-refractivity contribution in [2.75, 3.05) is 26.3 Å². The van der Waals surface area contributed by atoms with Crippen LogP contribution < -0.4 is 0 Å². The fourth-order valence-corrected chi connectivity index (χ4v) is 3.67.